The Bertz CT molecular complexity index is 512. The fourth-order valence-corrected chi connectivity index (χ4v) is 5.28. The van der Waals surface area contributed by atoms with Crippen LogP contribution in [-0.2, 0) is 11.8 Å². The molecule has 102 valence electrons. The summed E-state index contributed by atoms with van der Waals surface area (Å²) in [7, 11) is 2.29. The third-order valence-corrected chi connectivity index (χ3v) is 6.09. The normalized spacial score (nSPS) is 37.5. The summed E-state index contributed by atoms with van der Waals surface area (Å²) in [5.41, 5.74) is 3.02. The summed E-state index contributed by atoms with van der Waals surface area (Å²) >= 11 is 0. The van der Waals surface area contributed by atoms with Gasteiger partial charge in [0.2, 0.25) is 0 Å². The summed E-state index contributed by atoms with van der Waals surface area (Å²) < 4.78 is 0. The van der Waals surface area contributed by atoms with Crippen molar-refractivity contribution < 1.29 is 5.11 Å². The van der Waals surface area contributed by atoms with Gasteiger partial charge < -0.3 is 10.0 Å². The standard InChI is InChI=1S/C17H23NO/c1-18-10-9-17-8-3-2-6-13(17)14(18)11-12-5-4-7-15(19)16(12)17/h4-5,7,13-14,19H,2-3,6,8-11H2,1H3. The Morgan fingerprint density at radius 3 is 3.05 bits per heavy atom. The second kappa shape index (κ2) is 3.99. The quantitative estimate of drug-likeness (QED) is 0.772. The smallest absolute Gasteiger partial charge is 0.119 e. The third-order valence-electron chi connectivity index (χ3n) is 6.09. The number of nitrogens with zero attached hydrogens (tertiary/aromatic N) is 1. The molecule has 3 aliphatic rings. The van der Waals surface area contributed by atoms with Crippen LogP contribution in [-0.4, -0.2) is 29.6 Å². The Morgan fingerprint density at radius 2 is 2.16 bits per heavy atom. The van der Waals surface area contributed by atoms with Crippen LogP contribution in [0.15, 0.2) is 18.2 Å². The van der Waals surface area contributed by atoms with Gasteiger partial charge in [-0.3, -0.25) is 0 Å². The Hall–Kier alpha value is -1.02. The van der Waals surface area contributed by atoms with Crippen molar-refractivity contribution in [1.82, 2.24) is 4.90 Å². The first-order chi connectivity index (χ1) is 9.22. The van der Waals surface area contributed by atoms with E-state index in [0.717, 1.165) is 12.3 Å². The van der Waals surface area contributed by atoms with Gasteiger partial charge in [0.1, 0.15) is 5.75 Å². The molecule has 1 saturated carbocycles. The van der Waals surface area contributed by atoms with Crippen molar-refractivity contribution in [3.63, 3.8) is 0 Å². The van der Waals surface area contributed by atoms with Gasteiger partial charge in [0.05, 0.1) is 0 Å². The van der Waals surface area contributed by atoms with Crippen LogP contribution in [0.4, 0.5) is 0 Å². The maximum atomic E-state index is 10.5. The van der Waals surface area contributed by atoms with Crippen molar-refractivity contribution in [2.45, 2.75) is 50.0 Å². The molecule has 2 fully saturated rings. The fraction of sp³-hybridized carbons (Fsp3) is 0.647. The highest BCUT2D eigenvalue weighted by Crippen LogP contribution is 2.57. The molecule has 0 amide bonds. The van der Waals surface area contributed by atoms with Crippen LogP contribution in [0.25, 0.3) is 0 Å². The minimum Gasteiger partial charge on any atom is -0.508 e. The molecule has 2 bridgehead atoms. The van der Waals surface area contributed by atoms with Crippen molar-refractivity contribution in [1.29, 1.82) is 0 Å². The molecule has 1 aromatic rings. The van der Waals surface area contributed by atoms with Gasteiger partial charge in [0.15, 0.2) is 0 Å². The molecule has 2 heteroatoms. The van der Waals surface area contributed by atoms with E-state index in [4.69, 9.17) is 0 Å². The molecule has 1 aromatic carbocycles. The molecular formula is C17H23NO. The number of hydrogen-bond donors (Lipinski definition) is 1. The lowest BCUT2D eigenvalue weighted by molar-refractivity contribution is 0.00152. The van der Waals surface area contributed by atoms with Gasteiger partial charge in [0.25, 0.3) is 0 Å². The van der Waals surface area contributed by atoms with E-state index in [-0.39, 0.29) is 5.41 Å². The van der Waals surface area contributed by atoms with Crippen molar-refractivity contribution in [2.75, 3.05) is 13.6 Å². The number of aromatic hydroxyl groups is 1. The topological polar surface area (TPSA) is 23.5 Å². The number of likely N-dealkylation sites (N-methyl/N-ethyl adjacent to an activating group) is 1. The first kappa shape index (κ1) is 11.8. The van der Waals surface area contributed by atoms with Crippen molar-refractivity contribution in [3.8, 4) is 5.75 Å². The molecule has 3 atom stereocenters. The van der Waals surface area contributed by atoms with E-state index in [1.165, 1.54) is 49.8 Å². The number of rotatable bonds is 0. The van der Waals surface area contributed by atoms with Gasteiger partial charge in [-0.05, 0) is 56.8 Å². The summed E-state index contributed by atoms with van der Waals surface area (Å²) in [6.07, 6.45) is 7.71. The van der Waals surface area contributed by atoms with Gasteiger partial charge in [-0.2, -0.15) is 0 Å². The van der Waals surface area contributed by atoms with Crippen LogP contribution >= 0.6 is 0 Å². The number of phenols is 1. The fourth-order valence-electron chi connectivity index (χ4n) is 5.28. The third kappa shape index (κ3) is 1.47. The van der Waals surface area contributed by atoms with Crippen LogP contribution in [0.5, 0.6) is 5.75 Å². The Kier molecular flexibility index (Phi) is 2.47. The zero-order valence-corrected chi connectivity index (χ0v) is 11.7. The van der Waals surface area contributed by atoms with E-state index in [1.54, 1.807) is 0 Å². The van der Waals surface area contributed by atoms with Crippen molar-refractivity contribution in [3.05, 3.63) is 29.3 Å². The highest BCUT2D eigenvalue weighted by Gasteiger charge is 2.53. The first-order valence-corrected chi connectivity index (χ1v) is 7.74. The van der Waals surface area contributed by atoms with Gasteiger partial charge in [0, 0.05) is 17.0 Å². The average molecular weight is 257 g/mol. The number of hydrogen-bond acceptors (Lipinski definition) is 2. The first-order valence-electron chi connectivity index (χ1n) is 7.74. The van der Waals surface area contributed by atoms with E-state index in [0.29, 0.717) is 11.8 Å². The highest BCUT2D eigenvalue weighted by molar-refractivity contribution is 5.49. The van der Waals surface area contributed by atoms with E-state index in [1.807, 2.05) is 12.1 Å². The van der Waals surface area contributed by atoms with Gasteiger partial charge in [-0.25, -0.2) is 0 Å². The molecule has 3 unspecified atom stereocenters. The summed E-state index contributed by atoms with van der Waals surface area (Å²) in [5, 5.41) is 10.5. The molecule has 1 heterocycles. The van der Waals surface area contributed by atoms with Crippen LogP contribution in [0.2, 0.25) is 0 Å². The molecule has 4 rings (SSSR count). The molecule has 0 aromatic heterocycles. The number of piperidine rings is 1. The van der Waals surface area contributed by atoms with Crippen molar-refractivity contribution >= 4 is 0 Å². The monoisotopic (exact) mass is 257 g/mol. The molecule has 2 nitrogen and oxygen atoms in total. The minimum absolute atomic E-state index is 0.286. The lowest BCUT2D eigenvalue weighted by atomic mass is 9.52. The van der Waals surface area contributed by atoms with E-state index >= 15 is 0 Å². The van der Waals surface area contributed by atoms with Crippen LogP contribution in [0.1, 0.15) is 43.2 Å². The van der Waals surface area contributed by atoms with Crippen LogP contribution in [0, 0.1) is 5.92 Å². The predicted molar refractivity (Wildman–Crippen MR) is 76.5 cm³/mol. The van der Waals surface area contributed by atoms with Crippen LogP contribution in [0.3, 0.4) is 0 Å². The summed E-state index contributed by atoms with van der Waals surface area (Å²) in [4.78, 5) is 2.57. The number of phenolic OH excluding ortho intramolecular Hbond substituents is 1. The summed E-state index contributed by atoms with van der Waals surface area (Å²) in [5.74, 6) is 1.33. The predicted octanol–water partition coefficient (Wildman–Crippen LogP) is 3.08. The number of likely N-dealkylation sites (tertiary alicyclic amines) is 1. The van der Waals surface area contributed by atoms with Gasteiger partial charge in [-0.15, -0.1) is 0 Å². The van der Waals surface area contributed by atoms with Crippen LogP contribution < -0.4 is 0 Å². The summed E-state index contributed by atoms with van der Waals surface area (Å²) in [6, 6.07) is 6.86. The second-order valence-electron chi connectivity index (χ2n) is 6.82. The average Bonchev–Trinajstić information content (AvgIpc) is 2.43. The zero-order valence-electron chi connectivity index (χ0n) is 11.7. The van der Waals surface area contributed by atoms with E-state index in [9.17, 15) is 5.11 Å². The minimum atomic E-state index is 0.286. The number of fused-ring (bicyclic) bond motifs is 1. The maximum Gasteiger partial charge on any atom is 0.119 e. The molecule has 0 radical (unpaired) electrons. The van der Waals surface area contributed by atoms with Gasteiger partial charge >= 0.3 is 0 Å². The second-order valence-corrected chi connectivity index (χ2v) is 6.82. The molecule has 1 saturated heterocycles. The SMILES string of the molecule is CN1CCC23CCCCC2C1Cc1cccc(O)c13. The highest BCUT2D eigenvalue weighted by atomic mass is 16.3. The summed E-state index contributed by atoms with van der Waals surface area (Å²) in [6.45, 7) is 1.19. The largest absolute Gasteiger partial charge is 0.508 e. The van der Waals surface area contributed by atoms with E-state index in [2.05, 4.69) is 18.0 Å². The van der Waals surface area contributed by atoms with E-state index < -0.39 is 0 Å². The Labute approximate surface area is 115 Å². The van der Waals surface area contributed by atoms with Gasteiger partial charge in [-0.1, -0.05) is 25.0 Å². The Balaban J connectivity index is 1.93. The van der Waals surface area contributed by atoms with Crippen molar-refractivity contribution in [2.24, 2.45) is 5.92 Å². The number of benzene rings is 1. The Morgan fingerprint density at radius 1 is 1.26 bits per heavy atom. The molecule has 19 heavy (non-hydrogen) atoms. The molecule has 1 aliphatic heterocycles. The molecule has 0 spiro atoms. The lowest BCUT2D eigenvalue weighted by Crippen LogP contribution is -2.59. The molecule has 2 aliphatic carbocycles. The maximum absolute atomic E-state index is 10.5. The molecular weight excluding hydrogens is 234 g/mol. The molecule has 1 N–H and O–H groups in total. The zero-order chi connectivity index (χ0) is 13.0. The lowest BCUT2D eigenvalue weighted by Gasteiger charge is -2.58.